The fourth-order valence-electron chi connectivity index (χ4n) is 2.46. The van der Waals surface area contributed by atoms with Crippen LogP contribution in [0.4, 0.5) is 0 Å². The van der Waals surface area contributed by atoms with Gasteiger partial charge in [-0.15, -0.1) is 0 Å². The molecule has 0 unspecified atom stereocenters. The molecule has 0 aromatic carbocycles. The van der Waals surface area contributed by atoms with Gasteiger partial charge in [-0.3, -0.25) is 0 Å². The second-order valence-electron chi connectivity index (χ2n) is 5.32. The third kappa shape index (κ3) is 4.81. The largest absolute Gasteiger partial charge is 0.391 e. The van der Waals surface area contributed by atoms with Gasteiger partial charge in [-0.25, -0.2) is 0 Å². The zero-order valence-electron chi connectivity index (χ0n) is 10.9. The van der Waals surface area contributed by atoms with Crippen molar-refractivity contribution in [3.63, 3.8) is 0 Å². The fourth-order valence-corrected chi connectivity index (χ4v) is 2.46. The van der Waals surface area contributed by atoms with Crippen LogP contribution in [0, 0.1) is 11.8 Å². The molecule has 2 N–H and O–H groups in total. The van der Waals surface area contributed by atoms with Gasteiger partial charge in [0.25, 0.3) is 0 Å². The number of nitrogens with one attached hydrogen (secondary N) is 1. The average molecular weight is 229 g/mol. The predicted molar refractivity (Wildman–Crippen MR) is 66.5 cm³/mol. The Morgan fingerprint density at radius 1 is 1.31 bits per heavy atom. The first kappa shape index (κ1) is 13.9. The molecule has 0 radical (unpaired) electrons. The Labute approximate surface area is 99.6 Å². The smallest absolute Gasteiger partial charge is 0.0785 e. The molecule has 1 aliphatic rings. The molecule has 1 saturated carbocycles. The van der Waals surface area contributed by atoms with E-state index in [0.29, 0.717) is 12.6 Å². The summed E-state index contributed by atoms with van der Waals surface area (Å²) in [4.78, 5) is 0. The second kappa shape index (κ2) is 7.25. The third-order valence-corrected chi connectivity index (χ3v) is 3.87. The summed E-state index contributed by atoms with van der Waals surface area (Å²) in [6.07, 6.45) is 4.36. The molecule has 0 aromatic rings. The molecule has 4 atom stereocenters. The van der Waals surface area contributed by atoms with Crippen molar-refractivity contribution in [2.24, 2.45) is 11.8 Å². The van der Waals surface area contributed by atoms with Gasteiger partial charge in [0, 0.05) is 13.2 Å². The Kier molecular flexibility index (Phi) is 6.32. The molecular weight excluding hydrogens is 202 g/mol. The SMILES string of the molecule is COC[C@H](O)CCN[C@@H]1CC[C@@H](C)[C@@H](C)C1. The standard InChI is InChI=1S/C13H27NO2/c1-10-4-5-12(8-11(10)2)14-7-6-13(15)9-16-3/h10-15H,4-9H2,1-3H3/t10-,11+,12-,13-/m1/s1. The van der Waals surface area contributed by atoms with E-state index in [9.17, 15) is 5.11 Å². The van der Waals surface area contributed by atoms with Crippen LogP contribution in [-0.2, 0) is 4.74 Å². The number of hydrogen-bond donors (Lipinski definition) is 2. The molecule has 0 saturated heterocycles. The molecule has 1 fully saturated rings. The van der Waals surface area contributed by atoms with Gasteiger partial charge in [0.05, 0.1) is 12.7 Å². The number of aliphatic hydroxyl groups is 1. The van der Waals surface area contributed by atoms with Gasteiger partial charge in [-0.2, -0.15) is 0 Å². The molecule has 96 valence electrons. The van der Waals surface area contributed by atoms with Crippen molar-refractivity contribution in [3.05, 3.63) is 0 Å². The van der Waals surface area contributed by atoms with E-state index in [1.807, 2.05) is 0 Å². The number of hydrogen-bond acceptors (Lipinski definition) is 3. The van der Waals surface area contributed by atoms with E-state index in [4.69, 9.17) is 4.74 Å². The molecule has 0 bridgehead atoms. The van der Waals surface area contributed by atoms with Gasteiger partial charge in [0.2, 0.25) is 0 Å². The lowest BCUT2D eigenvalue weighted by molar-refractivity contribution is 0.0583. The zero-order chi connectivity index (χ0) is 12.0. The van der Waals surface area contributed by atoms with Crippen LogP contribution in [0.1, 0.15) is 39.5 Å². The first-order valence-electron chi connectivity index (χ1n) is 6.53. The summed E-state index contributed by atoms with van der Waals surface area (Å²) >= 11 is 0. The van der Waals surface area contributed by atoms with Gasteiger partial charge in [-0.1, -0.05) is 13.8 Å². The monoisotopic (exact) mass is 229 g/mol. The van der Waals surface area contributed by atoms with E-state index in [-0.39, 0.29) is 6.10 Å². The first-order chi connectivity index (χ1) is 7.63. The lowest BCUT2D eigenvalue weighted by Crippen LogP contribution is -2.37. The van der Waals surface area contributed by atoms with Crippen LogP contribution in [0.3, 0.4) is 0 Å². The van der Waals surface area contributed by atoms with E-state index in [1.165, 1.54) is 19.3 Å². The zero-order valence-corrected chi connectivity index (χ0v) is 10.9. The quantitative estimate of drug-likeness (QED) is 0.730. The number of rotatable bonds is 6. The normalized spacial score (nSPS) is 32.6. The van der Waals surface area contributed by atoms with Gasteiger partial charge in [0.15, 0.2) is 0 Å². The molecule has 1 rings (SSSR count). The summed E-state index contributed by atoms with van der Waals surface area (Å²) < 4.78 is 4.90. The highest BCUT2D eigenvalue weighted by Crippen LogP contribution is 2.29. The van der Waals surface area contributed by atoms with Gasteiger partial charge < -0.3 is 15.2 Å². The third-order valence-electron chi connectivity index (χ3n) is 3.87. The minimum Gasteiger partial charge on any atom is -0.391 e. The molecule has 0 spiro atoms. The molecule has 0 heterocycles. The minimum atomic E-state index is -0.322. The minimum absolute atomic E-state index is 0.322. The lowest BCUT2D eigenvalue weighted by atomic mass is 9.79. The van der Waals surface area contributed by atoms with Crippen molar-refractivity contribution in [2.45, 2.75) is 51.7 Å². The summed E-state index contributed by atoms with van der Waals surface area (Å²) in [6, 6.07) is 0.654. The highest BCUT2D eigenvalue weighted by Gasteiger charge is 2.23. The van der Waals surface area contributed by atoms with Gasteiger partial charge in [-0.05, 0) is 44.1 Å². The van der Waals surface area contributed by atoms with Crippen molar-refractivity contribution in [1.29, 1.82) is 0 Å². The summed E-state index contributed by atoms with van der Waals surface area (Å²) in [5, 5.41) is 13.1. The topological polar surface area (TPSA) is 41.5 Å². The van der Waals surface area contributed by atoms with Crippen molar-refractivity contribution in [2.75, 3.05) is 20.3 Å². The molecule has 0 aromatic heterocycles. The highest BCUT2D eigenvalue weighted by atomic mass is 16.5. The summed E-state index contributed by atoms with van der Waals surface area (Å²) in [7, 11) is 1.63. The summed E-state index contributed by atoms with van der Waals surface area (Å²) in [5.41, 5.74) is 0. The van der Waals surface area contributed by atoms with Crippen LogP contribution in [0.25, 0.3) is 0 Å². The van der Waals surface area contributed by atoms with Gasteiger partial charge in [0.1, 0.15) is 0 Å². The second-order valence-corrected chi connectivity index (χ2v) is 5.32. The average Bonchev–Trinajstić information content (AvgIpc) is 2.24. The number of methoxy groups -OCH3 is 1. The lowest BCUT2D eigenvalue weighted by Gasteiger charge is -2.32. The fraction of sp³-hybridized carbons (Fsp3) is 1.00. The Bertz CT molecular complexity index is 187. The number of ether oxygens (including phenoxy) is 1. The summed E-state index contributed by atoms with van der Waals surface area (Å²) in [6.45, 7) is 6.04. The molecular formula is C13H27NO2. The van der Waals surface area contributed by atoms with Crippen LogP contribution in [0.5, 0.6) is 0 Å². The van der Waals surface area contributed by atoms with Crippen molar-refractivity contribution in [3.8, 4) is 0 Å². The highest BCUT2D eigenvalue weighted by molar-refractivity contribution is 4.79. The molecule has 16 heavy (non-hydrogen) atoms. The van der Waals surface area contributed by atoms with E-state index >= 15 is 0 Å². The van der Waals surface area contributed by atoms with E-state index in [0.717, 1.165) is 24.8 Å². The maximum Gasteiger partial charge on any atom is 0.0785 e. The molecule has 0 amide bonds. The Balaban J connectivity index is 2.09. The van der Waals surface area contributed by atoms with Crippen LogP contribution in [-0.4, -0.2) is 37.5 Å². The van der Waals surface area contributed by atoms with Crippen LogP contribution in [0.15, 0.2) is 0 Å². The molecule has 3 heteroatoms. The maximum absolute atomic E-state index is 9.51. The maximum atomic E-state index is 9.51. The Hall–Kier alpha value is -0.120. The van der Waals surface area contributed by atoms with Crippen molar-refractivity contribution in [1.82, 2.24) is 5.32 Å². The van der Waals surface area contributed by atoms with Crippen LogP contribution in [0.2, 0.25) is 0 Å². The number of aliphatic hydroxyl groups excluding tert-OH is 1. The Morgan fingerprint density at radius 3 is 2.69 bits per heavy atom. The van der Waals surface area contributed by atoms with Crippen LogP contribution >= 0.6 is 0 Å². The molecule has 0 aliphatic heterocycles. The van der Waals surface area contributed by atoms with E-state index in [2.05, 4.69) is 19.2 Å². The predicted octanol–water partition coefficient (Wildman–Crippen LogP) is 1.80. The molecule has 1 aliphatic carbocycles. The van der Waals surface area contributed by atoms with Crippen LogP contribution < -0.4 is 5.32 Å². The van der Waals surface area contributed by atoms with E-state index < -0.39 is 0 Å². The Morgan fingerprint density at radius 2 is 2.06 bits per heavy atom. The molecule has 3 nitrogen and oxygen atoms in total. The summed E-state index contributed by atoms with van der Waals surface area (Å²) in [5.74, 6) is 1.70. The van der Waals surface area contributed by atoms with Crippen molar-refractivity contribution >= 4 is 0 Å². The van der Waals surface area contributed by atoms with E-state index in [1.54, 1.807) is 7.11 Å². The van der Waals surface area contributed by atoms with Gasteiger partial charge >= 0.3 is 0 Å². The van der Waals surface area contributed by atoms with Crippen molar-refractivity contribution < 1.29 is 9.84 Å². The first-order valence-corrected chi connectivity index (χ1v) is 6.53.